The molecule has 1 amide bonds. The van der Waals surface area contributed by atoms with Crippen LogP contribution in [0, 0.1) is 6.92 Å². The maximum atomic E-state index is 11.8. The Morgan fingerprint density at radius 1 is 1.11 bits per heavy atom. The Morgan fingerprint density at radius 2 is 1.74 bits per heavy atom. The molecule has 1 N–H and O–H groups in total. The number of carbonyl (C=O) groups is 1. The fourth-order valence-electron chi connectivity index (χ4n) is 1.35. The van der Waals surface area contributed by atoms with Crippen LogP contribution in [0.15, 0.2) is 42.6 Å². The van der Waals surface area contributed by atoms with E-state index in [1.807, 2.05) is 45.0 Å². The van der Waals surface area contributed by atoms with E-state index in [2.05, 4.69) is 10.3 Å². The summed E-state index contributed by atoms with van der Waals surface area (Å²) in [6.07, 6.45) is 1.45. The molecule has 0 saturated heterocycles. The molecule has 1 heterocycles. The first-order valence-corrected chi connectivity index (χ1v) is 6.52. The molecule has 0 bridgehead atoms. The van der Waals surface area contributed by atoms with Crippen molar-refractivity contribution in [2.45, 2.75) is 20.8 Å². The Morgan fingerprint density at radius 3 is 2.26 bits per heavy atom. The first kappa shape index (κ1) is 15.2. The van der Waals surface area contributed by atoms with E-state index in [0.29, 0.717) is 10.7 Å². The van der Waals surface area contributed by atoms with Crippen molar-refractivity contribution < 1.29 is 4.79 Å². The van der Waals surface area contributed by atoms with Gasteiger partial charge in [-0.1, -0.05) is 43.1 Å². The van der Waals surface area contributed by atoms with Gasteiger partial charge in [-0.25, -0.2) is 4.98 Å². The van der Waals surface area contributed by atoms with E-state index in [1.54, 1.807) is 12.1 Å². The van der Waals surface area contributed by atoms with Crippen LogP contribution in [-0.4, -0.2) is 10.9 Å². The van der Waals surface area contributed by atoms with E-state index in [4.69, 9.17) is 11.6 Å². The predicted octanol–water partition coefficient (Wildman–Crippen LogP) is 4.32. The molecule has 1 aromatic carbocycles. The van der Waals surface area contributed by atoms with Crippen molar-refractivity contribution in [1.82, 2.24) is 4.98 Å². The summed E-state index contributed by atoms with van der Waals surface area (Å²) < 4.78 is 0. The summed E-state index contributed by atoms with van der Waals surface area (Å²) in [7, 11) is 0. The van der Waals surface area contributed by atoms with Crippen molar-refractivity contribution in [2.24, 2.45) is 0 Å². The summed E-state index contributed by atoms with van der Waals surface area (Å²) in [5.41, 5.74) is 2.39. The molecule has 0 atom stereocenters. The van der Waals surface area contributed by atoms with Crippen molar-refractivity contribution in [3.05, 3.63) is 58.9 Å². The van der Waals surface area contributed by atoms with Crippen LogP contribution in [0.2, 0.25) is 5.15 Å². The zero-order chi connectivity index (χ0) is 14.3. The van der Waals surface area contributed by atoms with E-state index in [0.717, 1.165) is 11.3 Å². The molecule has 0 spiro atoms. The van der Waals surface area contributed by atoms with E-state index >= 15 is 0 Å². The molecule has 2 rings (SSSR count). The third kappa shape index (κ3) is 4.72. The van der Waals surface area contributed by atoms with Gasteiger partial charge >= 0.3 is 0 Å². The number of benzene rings is 1. The molecule has 1 aromatic heterocycles. The normalized spacial score (nSPS) is 9.26. The standard InChI is InChI=1S/C13H11ClN2O.C2H6/c1-9-2-5-11(6-3-9)16-13(17)10-4-7-12(14)15-8-10;1-2/h2-8H,1H3,(H,16,17);1-2H3. The fourth-order valence-corrected chi connectivity index (χ4v) is 1.46. The number of rotatable bonds is 2. The van der Waals surface area contributed by atoms with Gasteiger partial charge in [0, 0.05) is 11.9 Å². The number of hydrogen-bond donors (Lipinski definition) is 1. The number of nitrogens with zero attached hydrogens (tertiary/aromatic N) is 1. The monoisotopic (exact) mass is 276 g/mol. The molecule has 19 heavy (non-hydrogen) atoms. The maximum absolute atomic E-state index is 11.8. The second-order valence-corrected chi connectivity index (χ2v) is 4.08. The van der Waals surface area contributed by atoms with Crippen LogP contribution in [0.5, 0.6) is 0 Å². The summed E-state index contributed by atoms with van der Waals surface area (Å²) in [4.78, 5) is 15.7. The van der Waals surface area contributed by atoms with Crippen molar-refractivity contribution in [3.63, 3.8) is 0 Å². The van der Waals surface area contributed by atoms with Crippen molar-refractivity contribution in [1.29, 1.82) is 0 Å². The summed E-state index contributed by atoms with van der Waals surface area (Å²) in [5, 5.41) is 3.15. The summed E-state index contributed by atoms with van der Waals surface area (Å²) in [6, 6.07) is 10.8. The molecule has 100 valence electrons. The summed E-state index contributed by atoms with van der Waals surface area (Å²) in [5.74, 6) is -0.196. The first-order valence-electron chi connectivity index (χ1n) is 6.15. The lowest BCUT2D eigenvalue weighted by Gasteiger charge is -2.05. The molecule has 0 aliphatic rings. The van der Waals surface area contributed by atoms with E-state index in [9.17, 15) is 4.79 Å². The summed E-state index contributed by atoms with van der Waals surface area (Å²) >= 11 is 5.65. The highest BCUT2D eigenvalue weighted by Gasteiger charge is 2.05. The number of anilines is 1. The largest absolute Gasteiger partial charge is 0.322 e. The Bertz CT molecular complexity index is 521. The molecule has 0 fully saturated rings. The Hall–Kier alpha value is -1.87. The maximum Gasteiger partial charge on any atom is 0.257 e. The van der Waals surface area contributed by atoms with Gasteiger partial charge in [0.2, 0.25) is 0 Å². The number of carbonyl (C=O) groups excluding carboxylic acids is 1. The number of halogens is 1. The molecular formula is C15H17ClN2O. The minimum atomic E-state index is -0.196. The first-order chi connectivity index (χ1) is 9.15. The highest BCUT2D eigenvalue weighted by molar-refractivity contribution is 6.29. The van der Waals surface area contributed by atoms with Gasteiger partial charge in [-0.2, -0.15) is 0 Å². The molecular weight excluding hydrogens is 260 g/mol. The van der Waals surface area contributed by atoms with Crippen LogP contribution < -0.4 is 5.32 Å². The van der Waals surface area contributed by atoms with Gasteiger partial charge in [0.1, 0.15) is 5.15 Å². The van der Waals surface area contributed by atoms with Crippen LogP contribution in [0.4, 0.5) is 5.69 Å². The topological polar surface area (TPSA) is 42.0 Å². The van der Waals surface area contributed by atoms with Crippen LogP contribution in [-0.2, 0) is 0 Å². The molecule has 0 unspecified atom stereocenters. The van der Waals surface area contributed by atoms with E-state index < -0.39 is 0 Å². The van der Waals surface area contributed by atoms with Crippen LogP contribution in [0.1, 0.15) is 29.8 Å². The number of pyridine rings is 1. The Balaban J connectivity index is 0.000000861. The number of aryl methyl sites for hydroxylation is 1. The van der Waals surface area contributed by atoms with Gasteiger partial charge in [-0.05, 0) is 31.2 Å². The van der Waals surface area contributed by atoms with E-state index in [1.165, 1.54) is 6.20 Å². The predicted molar refractivity (Wildman–Crippen MR) is 79.7 cm³/mol. The van der Waals surface area contributed by atoms with Gasteiger partial charge in [-0.15, -0.1) is 0 Å². The van der Waals surface area contributed by atoms with Crippen LogP contribution >= 0.6 is 11.6 Å². The smallest absolute Gasteiger partial charge is 0.257 e. The SMILES string of the molecule is CC.Cc1ccc(NC(=O)c2ccc(Cl)nc2)cc1. The second-order valence-electron chi connectivity index (χ2n) is 3.69. The minimum Gasteiger partial charge on any atom is -0.322 e. The van der Waals surface area contributed by atoms with Crippen molar-refractivity contribution in [2.75, 3.05) is 5.32 Å². The Labute approximate surface area is 118 Å². The van der Waals surface area contributed by atoms with Crippen molar-refractivity contribution >= 4 is 23.2 Å². The average Bonchev–Trinajstić information content (AvgIpc) is 2.44. The molecule has 0 saturated carbocycles. The Kier molecular flexibility index (Phi) is 6.03. The van der Waals surface area contributed by atoms with Gasteiger partial charge in [0.25, 0.3) is 5.91 Å². The van der Waals surface area contributed by atoms with Gasteiger partial charge in [-0.3, -0.25) is 4.79 Å². The molecule has 0 aliphatic heterocycles. The molecule has 2 aromatic rings. The third-order valence-electron chi connectivity index (χ3n) is 2.30. The van der Waals surface area contributed by atoms with Crippen LogP contribution in [0.3, 0.4) is 0 Å². The van der Waals surface area contributed by atoms with Crippen LogP contribution in [0.25, 0.3) is 0 Å². The van der Waals surface area contributed by atoms with Gasteiger partial charge in [0.05, 0.1) is 5.56 Å². The molecule has 3 nitrogen and oxygen atoms in total. The zero-order valence-corrected chi connectivity index (χ0v) is 12.0. The third-order valence-corrected chi connectivity index (χ3v) is 2.52. The number of hydrogen-bond acceptors (Lipinski definition) is 2. The molecule has 0 aliphatic carbocycles. The fraction of sp³-hybridized carbons (Fsp3) is 0.200. The second kappa shape index (κ2) is 7.54. The lowest BCUT2D eigenvalue weighted by molar-refractivity contribution is 0.102. The minimum absolute atomic E-state index is 0.196. The average molecular weight is 277 g/mol. The molecule has 4 heteroatoms. The lowest BCUT2D eigenvalue weighted by atomic mass is 10.2. The summed E-state index contributed by atoms with van der Waals surface area (Å²) in [6.45, 7) is 5.99. The highest BCUT2D eigenvalue weighted by atomic mass is 35.5. The quantitative estimate of drug-likeness (QED) is 0.830. The van der Waals surface area contributed by atoms with E-state index in [-0.39, 0.29) is 5.91 Å². The number of nitrogens with one attached hydrogen (secondary N) is 1. The molecule has 0 radical (unpaired) electrons. The number of aromatic nitrogens is 1. The van der Waals surface area contributed by atoms with Gasteiger partial charge in [0.15, 0.2) is 0 Å². The zero-order valence-electron chi connectivity index (χ0n) is 11.3. The van der Waals surface area contributed by atoms with Crippen molar-refractivity contribution in [3.8, 4) is 0 Å². The lowest BCUT2D eigenvalue weighted by Crippen LogP contribution is -2.11. The van der Waals surface area contributed by atoms with Gasteiger partial charge < -0.3 is 5.32 Å². The number of amides is 1. The highest BCUT2D eigenvalue weighted by Crippen LogP contribution is 2.11.